The Kier molecular flexibility index (Phi) is 2.73. The molecule has 2 rings (SSSR count). The van der Waals surface area contributed by atoms with Crippen molar-refractivity contribution in [2.45, 2.75) is 13.8 Å². The van der Waals surface area contributed by atoms with Gasteiger partial charge in [0.15, 0.2) is 0 Å². The average Bonchev–Trinajstić information content (AvgIpc) is 2.17. The number of rotatable bonds is 2. The summed E-state index contributed by atoms with van der Waals surface area (Å²) in [7, 11) is 0. The molecule has 2 aromatic rings. The van der Waals surface area contributed by atoms with Crippen molar-refractivity contribution in [1.29, 1.82) is 0 Å². The molecule has 0 aliphatic carbocycles. The van der Waals surface area contributed by atoms with Gasteiger partial charge in [-0.1, -0.05) is 0 Å². The van der Waals surface area contributed by atoms with Gasteiger partial charge in [0.25, 0.3) is 0 Å². The lowest BCUT2D eigenvalue weighted by atomic mass is 10.2. The number of aryl methyl sites for hydroxylation is 1. The number of fused-ring (bicyclic) bond motifs is 1. The van der Waals surface area contributed by atoms with Gasteiger partial charge in [0.2, 0.25) is 5.28 Å². The molecular formula is C11H11ClN2O. The smallest absolute Gasteiger partial charge is 0.223 e. The minimum Gasteiger partial charge on any atom is -0.494 e. The van der Waals surface area contributed by atoms with Crippen LogP contribution in [0.15, 0.2) is 18.2 Å². The number of ether oxygens (including phenoxy) is 1. The van der Waals surface area contributed by atoms with Crippen LogP contribution in [0.4, 0.5) is 0 Å². The summed E-state index contributed by atoms with van der Waals surface area (Å²) in [6.45, 7) is 4.50. The van der Waals surface area contributed by atoms with Crippen LogP contribution in [0.5, 0.6) is 5.75 Å². The summed E-state index contributed by atoms with van der Waals surface area (Å²) in [6.07, 6.45) is 0. The average molecular weight is 223 g/mol. The van der Waals surface area contributed by atoms with Gasteiger partial charge < -0.3 is 4.74 Å². The normalized spacial score (nSPS) is 10.6. The maximum absolute atomic E-state index is 5.79. The summed E-state index contributed by atoms with van der Waals surface area (Å²) >= 11 is 5.79. The van der Waals surface area contributed by atoms with E-state index >= 15 is 0 Å². The highest BCUT2D eigenvalue weighted by atomic mass is 35.5. The van der Waals surface area contributed by atoms with Gasteiger partial charge in [-0.2, -0.15) is 0 Å². The van der Waals surface area contributed by atoms with Crippen molar-refractivity contribution in [2.24, 2.45) is 0 Å². The first kappa shape index (κ1) is 10.2. The zero-order valence-corrected chi connectivity index (χ0v) is 9.38. The predicted molar refractivity (Wildman–Crippen MR) is 60.5 cm³/mol. The van der Waals surface area contributed by atoms with E-state index in [1.807, 2.05) is 32.0 Å². The molecule has 78 valence electrons. The highest BCUT2D eigenvalue weighted by molar-refractivity contribution is 6.28. The molecule has 15 heavy (non-hydrogen) atoms. The number of nitrogens with zero attached hydrogens (tertiary/aromatic N) is 2. The molecule has 1 heterocycles. The largest absolute Gasteiger partial charge is 0.494 e. The van der Waals surface area contributed by atoms with Crippen molar-refractivity contribution in [3.8, 4) is 5.75 Å². The zero-order valence-electron chi connectivity index (χ0n) is 8.62. The second-order valence-electron chi connectivity index (χ2n) is 3.19. The molecule has 0 fully saturated rings. The molecule has 0 saturated carbocycles. The second-order valence-corrected chi connectivity index (χ2v) is 3.53. The maximum atomic E-state index is 5.79. The Morgan fingerprint density at radius 3 is 2.87 bits per heavy atom. The van der Waals surface area contributed by atoms with Crippen LogP contribution in [0.25, 0.3) is 10.9 Å². The molecule has 0 spiro atoms. The molecule has 0 bridgehead atoms. The second kappa shape index (κ2) is 4.03. The summed E-state index contributed by atoms with van der Waals surface area (Å²) in [5.41, 5.74) is 1.70. The summed E-state index contributed by atoms with van der Waals surface area (Å²) in [5.74, 6) is 0.805. The molecule has 0 unspecified atom stereocenters. The van der Waals surface area contributed by atoms with Gasteiger partial charge in [-0.05, 0) is 37.6 Å². The van der Waals surface area contributed by atoms with Gasteiger partial charge in [-0.3, -0.25) is 0 Å². The van der Waals surface area contributed by atoms with Gasteiger partial charge in [-0.15, -0.1) is 0 Å². The summed E-state index contributed by atoms with van der Waals surface area (Å²) in [4.78, 5) is 8.24. The van der Waals surface area contributed by atoms with E-state index in [1.54, 1.807) is 0 Å². The Bertz CT molecular complexity index is 499. The molecule has 0 aliphatic rings. The highest BCUT2D eigenvalue weighted by Gasteiger charge is 2.04. The first-order valence-electron chi connectivity index (χ1n) is 4.77. The van der Waals surface area contributed by atoms with Crippen molar-refractivity contribution < 1.29 is 4.74 Å². The molecule has 0 N–H and O–H groups in total. The van der Waals surface area contributed by atoms with Crippen LogP contribution >= 0.6 is 11.6 Å². The minimum absolute atomic E-state index is 0.272. The van der Waals surface area contributed by atoms with Gasteiger partial charge in [0, 0.05) is 11.5 Å². The number of aromatic nitrogens is 2. The molecule has 1 aromatic carbocycles. The van der Waals surface area contributed by atoms with E-state index in [4.69, 9.17) is 16.3 Å². The van der Waals surface area contributed by atoms with E-state index in [0.29, 0.717) is 6.61 Å². The van der Waals surface area contributed by atoms with Gasteiger partial charge >= 0.3 is 0 Å². The van der Waals surface area contributed by atoms with Crippen molar-refractivity contribution in [3.63, 3.8) is 0 Å². The maximum Gasteiger partial charge on any atom is 0.223 e. The highest BCUT2D eigenvalue weighted by Crippen LogP contribution is 2.22. The van der Waals surface area contributed by atoms with Crippen LogP contribution in [-0.4, -0.2) is 16.6 Å². The number of hydrogen-bond donors (Lipinski definition) is 0. The Morgan fingerprint density at radius 1 is 1.33 bits per heavy atom. The Balaban J connectivity index is 2.60. The Labute approximate surface area is 93.1 Å². The molecular weight excluding hydrogens is 212 g/mol. The molecule has 0 amide bonds. The van der Waals surface area contributed by atoms with E-state index in [9.17, 15) is 0 Å². The van der Waals surface area contributed by atoms with E-state index in [2.05, 4.69) is 9.97 Å². The monoisotopic (exact) mass is 222 g/mol. The topological polar surface area (TPSA) is 35.0 Å². The van der Waals surface area contributed by atoms with Crippen LogP contribution in [0, 0.1) is 6.92 Å². The number of hydrogen-bond acceptors (Lipinski definition) is 3. The summed E-state index contributed by atoms with van der Waals surface area (Å²) in [5, 5.41) is 1.27. The molecule has 0 aliphatic heterocycles. The Morgan fingerprint density at radius 2 is 2.13 bits per heavy atom. The Hall–Kier alpha value is -1.35. The van der Waals surface area contributed by atoms with Crippen molar-refractivity contribution >= 4 is 22.5 Å². The first-order chi connectivity index (χ1) is 7.20. The predicted octanol–water partition coefficient (Wildman–Crippen LogP) is 2.99. The van der Waals surface area contributed by atoms with Crippen LogP contribution in [0.2, 0.25) is 5.28 Å². The van der Waals surface area contributed by atoms with Gasteiger partial charge in [0.05, 0.1) is 17.8 Å². The van der Waals surface area contributed by atoms with Crippen LogP contribution < -0.4 is 4.74 Å². The lowest BCUT2D eigenvalue weighted by molar-refractivity contribution is 0.340. The van der Waals surface area contributed by atoms with Gasteiger partial charge in [0.1, 0.15) is 5.75 Å². The molecule has 0 radical (unpaired) electrons. The van der Waals surface area contributed by atoms with Crippen LogP contribution in [-0.2, 0) is 0 Å². The van der Waals surface area contributed by atoms with Gasteiger partial charge in [-0.25, -0.2) is 9.97 Å². The third-order valence-corrected chi connectivity index (χ3v) is 2.31. The fourth-order valence-corrected chi connectivity index (χ4v) is 1.71. The number of halogens is 1. The summed E-state index contributed by atoms with van der Waals surface area (Å²) < 4.78 is 5.39. The zero-order chi connectivity index (χ0) is 10.8. The van der Waals surface area contributed by atoms with Crippen LogP contribution in [0.1, 0.15) is 12.6 Å². The standard InChI is InChI=1S/C11H11ClN2O/c1-3-15-8-4-5-9-7(2)13-11(12)14-10(9)6-8/h4-6H,3H2,1-2H3. The third-order valence-electron chi connectivity index (χ3n) is 2.14. The minimum atomic E-state index is 0.272. The van der Waals surface area contributed by atoms with Crippen LogP contribution in [0.3, 0.4) is 0 Å². The molecule has 0 saturated heterocycles. The van der Waals surface area contributed by atoms with Crippen molar-refractivity contribution in [3.05, 3.63) is 29.2 Å². The summed E-state index contributed by atoms with van der Waals surface area (Å²) in [6, 6.07) is 5.74. The SMILES string of the molecule is CCOc1ccc2c(C)nc(Cl)nc2c1. The van der Waals surface area contributed by atoms with Crippen molar-refractivity contribution in [1.82, 2.24) is 9.97 Å². The first-order valence-corrected chi connectivity index (χ1v) is 5.15. The number of benzene rings is 1. The van der Waals surface area contributed by atoms with E-state index < -0.39 is 0 Å². The van der Waals surface area contributed by atoms with E-state index in [1.165, 1.54) is 0 Å². The third kappa shape index (κ3) is 2.02. The lowest BCUT2D eigenvalue weighted by Gasteiger charge is -2.05. The molecule has 4 heteroatoms. The quantitative estimate of drug-likeness (QED) is 0.733. The fraction of sp³-hybridized carbons (Fsp3) is 0.273. The molecule has 0 atom stereocenters. The lowest BCUT2D eigenvalue weighted by Crippen LogP contribution is -1.93. The van der Waals surface area contributed by atoms with Crippen molar-refractivity contribution in [2.75, 3.05) is 6.61 Å². The fourth-order valence-electron chi connectivity index (χ4n) is 1.49. The molecule has 3 nitrogen and oxygen atoms in total. The van der Waals surface area contributed by atoms with E-state index in [0.717, 1.165) is 22.3 Å². The molecule has 1 aromatic heterocycles. The van der Waals surface area contributed by atoms with E-state index in [-0.39, 0.29) is 5.28 Å².